The Kier molecular flexibility index (Phi) is 6.60. The zero-order valence-electron chi connectivity index (χ0n) is 9.88. The number of nitrogens with one attached hydrogen (secondary N) is 1. The third-order valence-electron chi connectivity index (χ3n) is 2.40. The van der Waals surface area contributed by atoms with Crippen LogP contribution in [-0.2, 0) is 6.54 Å². The van der Waals surface area contributed by atoms with Gasteiger partial charge in [-0.25, -0.2) is 4.98 Å². The lowest BCUT2D eigenvalue weighted by molar-refractivity contribution is 0.583. The largest absolute Gasteiger partial charge is 0.310 e. The average Bonchev–Trinajstić information content (AvgIpc) is 2.63. The van der Waals surface area contributed by atoms with Crippen LogP contribution < -0.4 is 5.32 Å². The topological polar surface area (TPSA) is 24.9 Å². The lowest BCUT2D eigenvalue weighted by Gasteiger charge is -2.02. The summed E-state index contributed by atoms with van der Waals surface area (Å²) < 4.78 is 0. The van der Waals surface area contributed by atoms with E-state index in [0.29, 0.717) is 0 Å². The number of hydrogen-bond acceptors (Lipinski definition) is 3. The Morgan fingerprint density at radius 2 is 2.07 bits per heavy atom. The Morgan fingerprint density at radius 3 is 2.73 bits per heavy atom. The minimum absolute atomic E-state index is 0.937. The molecule has 0 amide bonds. The van der Waals surface area contributed by atoms with E-state index in [1.54, 1.807) is 11.3 Å². The van der Waals surface area contributed by atoms with Crippen LogP contribution in [-0.4, -0.2) is 11.5 Å². The summed E-state index contributed by atoms with van der Waals surface area (Å²) in [5.41, 5.74) is 0. The summed E-state index contributed by atoms with van der Waals surface area (Å²) in [5, 5.41) is 4.65. The summed E-state index contributed by atoms with van der Waals surface area (Å²) in [5.74, 6) is 0. The fraction of sp³-hybridized carbons (Fsp3) is 0.750. The smallest absolute Gasteiger partial charge is 0.107 e. The first kappa shape index (κ1) is 12.7. The summed E-state index contributed by atoms with van der Waals surface area (Å²) in [6, 6.07) is 0. The van der Waals surface area contributed by atoms with Crippen molar-refractivity contribution in [2.45, 2.75) is 52.5 Å². The van der Waals surface area contributed by atoms with Crippen molar-refractivity contribution in [3.63, 3.8) is 0 Å². The molecule has 0 fully saturated rings. The van der Waals surface area contributed by atoms with Gasteiger partial charge in [0, 0.05) is 17.6 Å². The Bertz CT molecular complexity index is 258. The number of thiazole rings is 1. The van der Waals surface area contributed by atoms with Crippen LogP contribution in [0.5, 0.6) is 0 Å². The van der Waals surface area contributed by atoms with Gasteiger partial charge in [0.15, 0.2) is 0 Å². The van der Waals surface area contributed by atoms with E-state index in [9.17, 15) is 0 Å². The Hall–Kier alpha value is -0.410. The quantitative estimate of drug-likeness (QED) is 0.686. The number of unbranched alkanes of at least 4 members (excludes halogenated alkanes) is 4. The molecule has 1 aromatic heterocycles. The Morgan fingerprint density at radius 1 is 1.27 bits per heavy atom. The second-order valence-corrected chi connectivity index (χ2v) is 5.27. The molecule has 86 valence electrons. The van der Waals surface area contributed by atoms with E-state index in [2.05, 4.69) is 24.1 Å². The highest BCUT2D eigenvalue weighted by Gasteiger charge is 1.97. The Balaban J connectivity index is 1.93. The summed E-state index contributed by atoms with van der Waals surface area (Å²) in [6.45, 7) is 6.42. The van der Waals surface area contributed by atoms with Crippen molar-refractivity contribution < 1.29 is 0 Å². The van der Waals surface area contributed by atoms with Gasteiger partial charge < -0.3 is 5.32 Å². The number of aromatic nitrogens is 1. The average molecular weight is 226 g/mol. The number of rotatable bonds is 8. The van der Waals surface area contributed by atoms with Crippen molar-refractivity contribution in [1.29, 1.82) is 0 Å². The van der Waals surface area contributed by atoms with Crippen LogP contribution in [0.3, 0.4) is 0 Å². The van der Waals surface area contributed by atoms with Crippen LogP contribution in [0.4, 0.5) is 0 Å². The van der Waals surface area contributed by atoms with E-state index in [-0.39, 0.29) is 0 Å². The number of nitrogens with zero attached hydrogens (tertiary/aromatic N) is 1. The number of aryl methyl sites for hydroxylation is 1. The molecule has 0 aromatic carbocycles. The molecule has 15 heavy (non-hydrogen) atoms. The van der Waals surface area contributed by atoms with Crippen LogP contribution in [0.1, 0.15) is 48.9 Å². The lowest BCUT2D eigenvalue weighted by Crippen LogP contribution is -2.14. The van der Waals surface area contributed by atoms with E-state index in [1.165, 1.54) is 42.0 Å². The molecule has 2 nitrogen and oxygen atoms in total. The second kappa shape index (κ2) is 7.83. The molecule has 0 saturated heterocycles. The van der Waals surface area contributed by atoms with Crippen molar-refractivity contribution >= 4 is 11.3 Å². The predicted molar refractivity (Wildman–Crippen MR) is 67.3 cm³/mol. The van der Waals surface area contributed by atoms with Gasteiger partial charge in [-0.15, -0.1) is 11.3 Å². The van der Waals surface area contributed by atoms with Gasteiger partial charge in [0.05, 0.1) is 0 Å². The molecule has 0 atom stereocenters. The molecule has 0 aliphatic carbocycles. The van der Waals surface area contributed by atoms with Crippen LogP contribution >= 0.6 is 11.3 Å². The van der Waals surface area contributed by atoms with E-state index >= 15 is 0 Å². The van der Waals surface area contributed by atoms with Crippen LogP contribution in [0.15, 0.2) is 6.20 Å². The standard InChI is InChI=1S/C12H22N2S/c1-3-4-5-6-7-8-13-10-12-14-9-11(2)15-12/h9,13H,3-8,10H2,1-2H3. The first-order valence-corrected chi connectivity index (χ1v) is 6.76. The Labute approximate surface area is 97.1 Å². The normalized spacial score (nSPS) is 10.8. The van der Waals surface area contributed by atoms with Gasteiger partial charge in [0.25, 0.3) is 0 Å². The van der Waals surface area contributed by atoms with Gasteiger partial charge in [-0.3, -0.25) is 0 Å². The summed E-state index contributed by atoms with van der Waals surface area (Å²) >= 11 is 1.79. The molecule has 3 heteroatoms. The first-order valence-electron chi connectivity index (χ1n) is 5.95. The molecule has 0 radical (unpaired) electrons. The van der Waals surface area contributed by atoms with Crippen molar-refractivity contribution in [1.82, 2.24) is 10.3 Å². The minimum atomic E-state index is 0.937. The van der Waals surface area contributed by atoms with Gasteiger partial charge in [-0.2, -0.15) is 0 Å². The van der Waals surface area contributed by atoms with Crippen LogP contribution in [0.25, 0.3) is 0 Å². The first-order chi connectivity index (χ1) is 7.33. The summed E-state index contributed by atoms with van der Waals surface area (Å²) in [6.07, 6.45) is 8.69. The van der Waals surface area contributed by atoms with Crippen molar-refractivity contribution in [3.05, 3.63) is 16.1 Å². The highest BCUT2D eigenvalue weighted by atomic mass is 32.1. The predicted octanol–water partition coefficient (Wildman–Crippen LogP) is 3.51. The fourth-order valence-electron chi connectivity index (χ4n) is 1.53. The highest BCUT2D eigenvalue weighted by Crippen LogP contribution is 2.10. The molecule has 1 rings (SSSR count). The van der Waals surface area contributed by atoms with Gasteiger partial charge in [0.2, 0.25) is 0 Å². The molecule has 1 N–H and O–H groups in total. The second-order valence-electron chi connectivity index (χ2n) is 3.96. The van der Waals surface area contributed by atoms with Gasteiger partial charge in [-0.05, 0) is 19.9 Å². The summed E-state index contributed by atoms with van der Waals surface area (Å²) in [4.78, 5) is 5.62. The molecule has 0 aliphatic heterocycles. The fourth-order valence-corrected chi connectivity index (χ4v) is 2.29. The molecule has 0 spiro atoms. The SMILES string of the molecule is CCCCCCCNCc1ncc(C)s1. The molecule has 0 unspecified atom stereocenters. The van der Waals surface area contributed by atoms with Crippen molar-refractivity contribution in [2.75, 3.05) is 6.54 Å². The zero-order valence-corrected chi connectivity index (χ0v) is 10.7. The molecular weight excluding hydrogens is 204 g/mol. The molecule has 0 aliphatic rings. The number of hydrogen-bond donors (Lipinski definition) is 1. The maximum atomic E-state index is 4.32. The van der Waals surface area contributed by atoms with E-state index in [0.717, 1.165) is 13.1 Å². The monoisotopic (exact) mass is 226 g/mol. The molecule has 0 saturated carbocycles. The molecular formula is C12H22N2S. The zero-order chi connectivity index (χ0) is 10.9. The van der Waals surface area contributed by atoms with Crippen LogP contribution in [0, 0.1) is 6.92 Å². The molecule has 1 aromatic rings. The van der Waals surface area contributed by atoms with Crippen molar-refractivity contribution in [3.8, 4) is 0 Å². The minimum Gasteiger partial charge on any atom is -0.310 e. The third-order valence-corrected chi connectivity index (χ3v) is 3.32. The highest BCUT2D eigenvalue weighted by molar-refractivity contribution is 7.11. The summed E-state index contributed by atoms with van der Waals surface area (Å²) in [7, 11) is 0. The van der Waals surface area contributed by atoms with Gasteiger partial charge in [-0.1, -0.05) is 32.6 Å². The third kappa shape index (κ3) is 5.90. The van der Waals surface area contributed by atoms with Crippen molar-refractivity contribution in [2.24, 2.45) is 0 Å². The molecule has 1 heterocycles. The maximum Gasteiger partial charge on any atom is 0.107 e. The maximum absolute atomic E-state index is 4.32. The lowest BCUT2D eigenvalue weighted by atomic mass is 10.1. The van der Waals surface area contributed by atoms with E-state index in [4.69, 9.17) is 0 Å². The van der Waals surface area contributed by atoms with E-state index < -0.39 is 0 Å². The van der Waals surface area contributed by atoms with E-state index in [1.807, 2.05) is 6.20 Å². The van der Waals surface area contributed by atoms with Gasteiger partial charge >= 0.3 is 0 Å². The van der Waals surface area contributed by atoms with Crippen LogP contribution in [0.2, 0.25) is 0 Å². The van der Waals surface area contributed by atoms with Gasteiger partial charge in [0.1, 0.15) is 5.01 Å². The molecule has 0 bridgehead atoms.